The highest BCUT2D eigenvalue weighted by molar-refractivity contribution is 7.87. The van der Waals surface area contributed by atoms with E-state index in [1.54, 1.807) is 12.0 Å². The third-order valence-electron chi connectivity index (χ3n) is 11.5. The van der Waals surface area contributed by atoms with E-state index in [0.29, 0.717) is 29.1 Å². The molecular formula is C43H53N7O7S2. The van der Waals surface area contributed by atoms with E-state index in [9.17, 15) is 22.8 Å². The molecule has 2 aliphatic heterocycles. The standard InChI is InChI=1S/C43H53N7O7S2/c1-26(2)34-25-58-40(46-34)33-22-37(31-19-20-36(56-6)27(3)38(31)45-33)57-30-21-35-39(51)47-43(42(53)48-59(54,55)49(4)5)23-28(43)15-11-8-7-9-14-18-32(41(52)50(35)24-30)44-29-16-12-10-13-17-29/h10-13,15-17,19-20,22,25-26,28,30,32,35,44H,7-9,14,18,21,23-24H2,1-6H3,(H,47,51)(H,48,53)/b15-11-/t28-,30+,32-,35-,43+/m0/s1. The van der Waals surface area contributed by atoms with Crippen LogP contribution in [0.25, 0.3) is 21.6 Å². The van der Waals surface area contributed by atoms with Crippen LogP contribution in [0, 0.1) is 12.8 Å². The summed E-state index contributed by atoms with van der Waals surface area (Å²) >= 11 is 1.50. The van der Waals surface area contributed by atoms with E-state index in [2.05, 4.69) is 29.2 Å². The Labute approximate surface area is 350 Å². The molecule has 1 saturated heterocycles. The Bertz CT molecular complexity index is 2350. The smallest absolute Gasteiger partial charge is 0.303 e. The summed E-state index contributed by atoms with van der Waals surface area (Å²) in [5.74, 6) is -0.650. The van der Waals surface area contributed by atoms with Gasteiger partial charge in [-0.2, -0.15) is 12.7 Å². The van der Waals surface area contributed by atoms with E-state index >= 15 is 0 Å². The van der Waals surface area contributed by atoms with Gasteiger partial charge >= 0.3 is 10.2 Å². The number of fused-ring (bicyclic) bond motifs is 3. The van der Waals surface area contributed by atoms with Crippen LogP contribution < -0.4 is 24.8 Å². The minimum Gasteiger partial charge on any atom is -0.496 e. The van der Waals surface area contributed by atoms with Crippen LogP contribution in [0.2, 0.25) is 0 Å². The van der Waals surface area contributed by atoms with Crippen molar-refractivity contribution in [3.63, 3.8) is 0 Å². The Morgan fingerprint density at radius 2 is 1.85 bits per heavy atom. The number of thiazole rings is 1. The number of anilines is 1. The average Bonchev–Trinajstić information content (AvgIpc) is 3.49. The summed E-state index contributed by atoms with van der Waals surface area (Å²) in [5.41, 5.74) is 2.36. The zero-order chi connectivity index (χ0) is 42.1. The molecule has 5 atom stereocenters. The van der Waals surface area contributed by atoms with E-state index in [0.717, 1.165) is 57.3 Å². The molecule has 2 aromatic heterocycles. The van der Waals surface area contributed by atoms with Crippen LogP contribution in [0.4, 0.5) is 5.69 Å². The van der Waals surface area contributed by atoms with Gasteiger partial charge in [0.2, 0.25) is 11.8 Å². The van der Waals surface area contributed by atoms with Crippen LogP contribution in [-0.4, -0.2) is 96.8 Å². The fourth-order valence-corrected chi connectivity index (χ4v) is 9.40. The number of hydrogen-bond donors (Lipinski definition) is 3. The first-order chi connectivity index (χ1) is 28.2. The summed E-state index contributed by atoms with van der Waals surface area (Å²) < 4.78 is 41.2. The number of para-hydroxylation sites is 1. The van der Waals surface area contributed by atoms with Crippen molar-refractivity contribution in [2.75, 3.05) is 33.1 Å². The van der Waals surface area contributed by atoms with Crippen LogP contribution in [0.3, 0.4) is 0 Å². The van der Waals surface area contributed by atoms with Gasteiger partial charge in [-0.15, -0.1) is 11.3 Å². The molecule has 0 bridgehead atoms. The molecule has 1 saturated carbocycles. The lowest BCUT2D eigenvalue weighted by molar-refractivity contribution is -0.140. The number of benzene rings is 2. The number of ether oxygens (including phenoxy) is 2. The molecular weight excluding hydrogens is 791 g/mol. The van der Waals surface area contributed by atoms with Gasteiger partial charge in [0.15, 0.2) is 0 Å². The molecule has 3 N–H and O–H groups in total. The third-order valence-corrected chi connectivity index (χ3v) is 13.7. The number of nitrogens with zero attached hydrogens (tertiary/aromatic N) is 4. The van der Waals surface area contributed by atoms with Crippen LogP contribution in [0.1, 0.15) is 76.0 Å². The molecule has 0 spiro atoms. The second-order valence-corrected chi connectivity index (χ2v) is 18.9. The first-order valence-electron chi connectivity index (χ1n) is 20.2. The van der Waals surface area contributed by atoms with E-state index < -0.39 is 51.7 Å². The zero-order valence-corrected chi connectivity index (χ0v) is 36.0. The number of aromatic nitrogens is 2. The minimum absolute atomic E-state index is 0.0878. The van der Waals surface area contributed by atoms with E-state index in [-0.39, 0.29) is 31.2 Å². The van der Waals surface area contributed by atoms with Crippen molar-refractivity contribution in [2.24, 2.45) is 5.92 Å². The fourth-order valence-electron chi connectivity index (χ4n) is 7.86. The van der Waals surface area contributed by atoms with Crippen molar-refractivity contribution in [3.05, 3.63) is 77.3 Å². The average molecular weight is 844 g/mol. The van der Waals surface area contributed by atoms with Gasteiger partial charge in [-0.25, -0.2) is 14.7 Å². The SMILES string of the molecule is COc1ccc2c(O[C@@H]3C[C@H]4C(=O)N[C@]5(C(=O)NS(=O)(=O)N(C)C)C[C@@H]5/C=C\CCCCC[C@H](Nc5ccccc5)C(=O)N4C3)cc(-c3nc(C(C)C)cs3)nc2c1C. The Morgan fingerprint density at radius 1 is 1.07 bits per heavy atom. The Morgan fingerprint density at radius 3 is 2.56 bits per heavy atom. The normalized spacial score (nSPS) is 24.4. The van der Waals surface area contributed by atoms with Gasteiger partial charge in [0.25, 0.3) is 5.91 Å². The Balaban J connectivity index is 1.26. The molecule has 1 aliphatic carbocycles. The largest absolute Gasteiger partial charge is 0.496 e. The first-order valence-corrected chi connectivity index (χ1v) is 22.5. The first kappa shape index (κ1) is 42.1. The van der Waals surface area contributed by atoms with Crippen molar-refractivity contribution < 1.29 is 32.3 Å². The van der Waals surface area contributed by atoms with Gasteiger partial charge in [0.05, 0.1) is 24.9 Å². The topological polar surface area (TPSA) is 172 Å². The lowest BCUT2D eigenvalue weighted by Gasteiger charge is -2.30. The Hall–Kier alpha value is -5.06. The van der Waals surface area contributed by atoms with Crippen LogP contribution in [0.15, 0.2) is 66.1 Å². The molecule has 0 unspecified atom stereocenters. The molecule has 4 aromatic rings. The number of methoxy groups -OCH3 is 1. The summed E-state index contributed by atoms with van der Waals surface area (Å²) in [5, 5.41) is 9.88. The number of rotatable bonds is 10. The summed E-state index contributed by atoms with van der Waals surface area (Å²) in [4.78, 5) is 54.7. The number of aryl methyl sites for hydroxylation is 1. The second kappa shape index (κ2) is 17.3. The second-order valence-electron chi connectivity index (χ2n) is 16.1. The molecule has 59 heavy (non-hydrogen) atoms. The summed E-state index contributed by atoms with van der Waals surface area (Å²) in [6.45, 7) is 6.20. The molecule has 14 nitrogen and oxygen atoms in total. The monoisotopic (exact) mass is 843 g/mol. The van der Waals surface area contributed by atoms with E-state index in [1.165, 1.54) is 25.4 Å². The van der Waals surface area contributed by atoms with Crippen molar-refractivity contribution in [1.29, 1.82) is 0 Å². The van der Waals surface area contributed by atoms with E-state index in [1.807, 2.05) is 73.0 Å². The molecule has 4 heterocycles. The van der Waals surface area contributed by atoms with Gasteiger partial charge in [0, 0.05) is 54.5 Å². The number of pyridine rings is 1. The van der Waals surface area contributed by atoms with Gasteiger partial charge in [-0.3, -0.25) is 14.4 Å². The zero-order valence-electron chi connectivity index (χ0n) is 34.4. The molecule has 2 fully saturated rings. The maximum Gasteiger partial charge on any atom is 0.303 e. The third kappa shape index (κ3) is 8.94. The lowest BCUT2D eigenvalue weighted by Crippen LogP contribution is -2.58. The van der Waals surface area contributed by atoms with Gasteiger partial charge < -0.3 is 25.0 Å². The predicted octanol–water partition coefficient (Wildman–Crippen LogP) is 5.95. The molecule has 16 heteroatoms. The molecule has 314 valence electrons. The molecule has 2 aromatic carbocycles. The highest BCUT2D eigenvalue weighted by Crippen LogP contribution is 2.46. The van der Waals surface area contributed by atoms with Gasteiger partial charge in [-0.1, -0.05) is 57.0 Å². The van der Waals surface area contributed by atoms with Crippen molar-refractivity contribution in [1.82, 2.24) is 29.2 Å². The maximum atomic E-state index is 14.8. The van der Waals surface area contributed by atoms with Gasteiger partial charge in [0.1, 0.15) is 45.9 Å². The molecule has 0 radical (unpaired) electrons. The number of carbonyl (C=O) groups is 3. The summed E-state index contributed by atoms with van der Waals surface area (Å²) in [6, 6.07) is 13.5. The van der Waals surface area contributed by atoms with Crippen LogP contribution in [0.5, 0.6) is 11.5 Å². The predicted molar refractivity (Wildman–Crippen MR) is 229 cm³/mol. The van der Waals surface area contributed by atoms with Crippen LogP contribution >= 0.6 is 11.3 Å². The Kier molecular flexibility index (Phi) is 12.3. The van der Waals surface area contributed by atoms with Gasteiger partial charge in [-0.05, 0) is 62.8 Å². The summed E-state index contributed by atoms with van der Waals surface area (Å²) in [6.07, 6.45) is 7.37. The quantitative estimate of drug-likeness (QED) is 0.162. The van der Waals surface area contributed by atoms with Crippen molar-refractivity contribution >= 4 is 55.9 Å². The number of hydrogen-bond acceptors (Lipinski definition) is 11. The number of nitrogens with one attached hydrogen (secondary N) is 3. The highest BCUT2D eigenvalue weighted by Gasteiger charge is 2.61. The molecule has 7 rings (SSSR count). The maximum absolute atomic E-state index is 14.8. The summed E-state index contributed by atoms with van der Waals surface area (Å²) in [7, 11) is 0.102. The number of carbonyl (C=O) groups excluding carboxylic acids is 3. The molecule has 3 amide bonds. The minimum atomic E-state index is -4.15. The fraction of sp³-hybridized carbons (Fsp3) is 0.465. The van der Waals surface area contributed by atoms with Crippen molar-refractivity contribution in [3.8, 4) is 22.2 Å². The molecule has 3 aliphatic rings. The van der Waals surface area contributed by atoms with E-state index in [4.69, 9.17) is 19.4 Å². The number of amides is 3. The lowest BCUT2D eigenvalue weighted by atomic mass is 10.0. The number of allylic oxidation sites excluding steroid dienone is 1. The van der Waals surface area contributed by atoms with Crippen LogP contribution in [-0.2, 0) is 24.6 Å². The highest BCUT2D eigenvalue weighted by atomic mass is 32.2. The van der Waals surface area contributed by atoms with Crippen molar-refractivity contribution in [2.45, 2.75) is 95.4 Å².